The Morgan fingerprint density at radius 1 is 1.24 bits per heavy atom. The highest BCUT2D eigenvalue weighted by atomic mass is 35.5. The van der Waals surface area contributed by atoms with Crippen molar-refractivity contribution in [2.45, 2.75) is 19.3 Å². The van der Waals surface area contributed by atoms with Crippen LogP contribution in [0.1, 0.15) is 18.1 Å². The summed E-state index contributed by atoms with van der Waals surface area (Å²) in [4.78, 5) is 16.9. The Morgan fingerprint density at radius 3 is 2.52 bits per heavy atom. The summed E-state index contributed by atoms with van der Waals surface area (Å²) in [6.45, 7) is 3.24. The van der Waals surface area contributed by atoms with Crippen LogP contribution in [0.25, 0.3) is 0 Å². The van der Waals surface area contributed by atoms with Crippen LogP contribution in [-0.2, 0) is 12.4 Å². The number of anilines is 1. The molecule has 0 amide bonds. The number of nitro benzene ring substituents is 1. The molecule has 1 heterocycles. The number of hydrogen-bond acceptors (Lipinski definition) is 4. The third-order valence-electron chi connectivity index (χ3n) is 3.24. The highest BCUT2D eigenvalue weighted by Gasteiger charge is 2.19. The third-order valence-corrected chi connectivity index (χ3v) is 3.54. The molecule has 0 bridgehead atoms. The summed E-state index contributed by atoms with van der Waals surface area (Å²) < 4.78 is 0. The monoisotopic (exact) mass is 305 g/mol. The second kappa shape index (κ2) is 7.04. The van der Waals surface area contributed by atoms with E-state index in [4.69, 9.17) is 11.6 Å². The van der Waals surface area contributed by atoms with E-state index < -0.39 is 0 Å². The van der Waals surface area contributed by atoms with Gasteiger partial charge < -0.3 is 4.90 Å². The lowest BCUT2D eigenvalue weighted by atomic mass is 10.1. The highest BCUT2D eigenvalue weighted by molar-refractivity contribution is 6.17. The predicted molar refractivity (Wildman–Crippen MR) is 83.6 cm³/mol. The lowest BCUT2D eigenvalue weighted by molar-refractivity contribution is -0.384. The van der Waals surface area contributed by atoms with Crippen LogP contribution in [0.4, 0.5) is 11.4 Å². The molecule has 1 aromatic carbocycles. The normalized spacial score (nSPS) is 10.4. The Morgan fingerprint density at radius 2 is 1.95 bits per heavy atom. The maximum atomic E-state index is 11.3. The average molecular weight is 306 g/mol. The van der Waals surface area contributed by atoms with E-state index in [1.807, 2.05) is 30.0 Å². The molecule has 0 aliphatic rings. The highest BCUT2D eigenvalue weighted by Crippen LogP contribution is 2.30. The molecule has 6 heteroatoms. The van der Waals surface area contributed by atoms with Crippen LogP contribution in [0.15, 0.2) is 42.7 Å². The summed E-state index contributed by atoms with van der Waals surface area (Å²) >= 11 is 5.76. The fourth-order valence-corrected chi connectivity index (χ4v) is 2.31. The van der Waals surface area contributed by atoms with Gasteiger partial charge >= 0.3 is 0 Å². The zero-order valence-corrected chi connectivity index (χ0v) is 12.5. The summed E-state index contributed by atoms with van der Waals surface area (Å²) in [5.41, 5.74) is 2.49. The van der Waals surface area contributed by atoms with Crippen LogP contribution in [0.2, 0.25) is 0 Å². The van der Waals surface area contributed by atoms with Gasteiger partial charge in [-0.05, 0) is 36.2 Å². The second-order valence-electron chi connectivity index (χ2n) is 4.58. The summed E-state index contributed by atoms with van der Waals surface area (Å²) in [7, 11) is 0. The maximum absolute atomic E-state index is 11.3. The number of alkyl halides is 1. The van der Waals surface area contributed by atoms with Crippen LogP contribution >= 0.6 is 11.6 Å². The van der Waals surface area contributed by atoms with Crippen LogP contribution in [0.3, 0.4) is 0 Å². The van der Waals surface area contributed by atoms with Gasteiger partial charge in [-0.2, -0.15) is 0 Å². The first-order chi connectivity index (χ1) is 10.2. The minimum absolute atomic E-state index is 0.0871. The van der Waals surface area contributed by atoms with Gasteiger partial charge in [0.15, 0.2) is 0 Å². The number of rotatable bonds is 6. The molecule has 2 aromatic rings. The molecule has 0 atom stereocenters. The van der Waals surface area contributed by atoms with E-state index in [0.29, 0.717) is 18.8 Å². The minimum atomic E-state index is -0.361. The fraction of sp³-hybridized carbons (Fsp3) is 0.267. The van der Waals surface area contributed by atoms with Crippen molar-refractivity contribution in [3.63, 3.8) is 0 Å². The Balaban J connectivity index is 2.35. The molecule has 0 aliphatic heterocycles. The third kappa shape index (κ3) is 3.70. The molecule has 21 heavy (non-hydrogen) atoms. The van der Waals surface area contributed by atoms with Gasteiger partial charge in [0, 0.05) is 37.4 Å². The average Bonchev–Trinajstić information content (AvgIpc) is 2.53. The molecule has 5 nitrogen and oxygen atoms in total. The van der Waals surface area contributed by atoms with E-state index in [1.54, 1.807) is 18.5 Å². The number of pyridine rings is 1. The van der Waals surface area contributed by atoms with Crippen molar-refractivity contribution in [2.24, 2.45) is 0 Å². The fourth-order valence-electron chi connectivity index (χ4n) is 2.14. The summed E-state index contributed by atoms with van der Waals surface area (Å²) in [5, 5.41) is 11.3. The zero-order chi connectivity index (χ0) is 15.2. The molecule has 0 unspecified atom stereocenters. The van der Waals surface area contributed by atoms with Crippen LogP contribution < -0.4 is 4.90 Å². The smallest absolute Gasteiger partial charge is 0.292 e. The van der Waals surface area contributed by atoms with Gasteiger partial charge in [0.25, 0.3) is 5.69 Å². The lowest BCUT2D eigenvalue weighted by Gasteiger charge is -2.23. The van der Waals surface area contributed by atoms with E-state index in [1.165, 1.54) is 6.07 Å². The number of aromatic nitrogens is 1. The molecule has 0 radical (unpaired) electrons. The molecule has 0 fully saturated rings. The summed E-state index contributed by atoms with van der Waals surface area (Å²) in [6.07, 6.45) is 3.43. The van der Waals surface area contributed by atoms with E-state index in [2.05, 4.69) is 4.98 Å². The van der Waals surface area contributed by atoms with Crippen LogP contribution in [-0.4, -0.2) is 16.5 Å². The number of benzene rings is 1. The number of nitro groups is 1. The van der Waals surface area contributed by atoms with E-state index in [0.717, 1.165) is 11.1 Å². The molecule has 0 N–H and O–H groups in total. The van der Waals surface area contributed by atoms with E-state index in [9.17, 15) is 10.1 Å². The van der Waals surface area contributed by atoms with Gasteiger partial charge in [-0.25, -0.2) is 0 Å². The Hall–Kier alpha value is -2.14. The van der Waals surface area contributed by atoms with Gasteiger partial charge in [0.1, 0.15) is 5.69 Å². The van der Waals surface area contributed by atoms with Gasteiger partial charge in [-0.1, -0.05) is 6.07 Å². The van der Waals surface area contributed by atoms with Crippen molar-refractivity contribution < 1.29 is 4.92 Å². The molecular weight excluding hydrogens is 290 g/mol. The maximum Gasteiger partial charge on any atom is 0.292 e. The molecule has 2 rings (SSSR count). The van der Waals surface area contributed by atoms with Crippen molar-refractivity contribution in [3.05, 3.63) is 64.0 Å². The van der Waals surface area contributed by atoms with Gasteiger partial charge in [0.05, 0.1) is 4.92 Å². The van der Waals surface area contributed by atoms with Gasteiger partial charge in [0.2, 0.25) is 0 Å². The molecule has 0 spiro atoms. The van der Waals surface area contributed by atoms with Crippen molar-refractivity contribution in [1.82, 2.24) is 4.98 Å². The quantitative estimate of drug-likeness (QED) is 0.463. The Bertz CT molecular complexity index is 620. The molecule has 110 valence electrons. The van der Waals surface area contributed by atoms with Crippen molar-refractivity contribution >= 4 is 23.0 Å². The molecule has 1 aromatic heterocycles. The SMILES string of the molecule is CCN(Cc1ccncc1)c1ccc(CCl)cc1[N+](=O)[O-]. The van der Waals surface area contributed by atoms with Gasteiger partial charge in [-0.3, -0.25) is 15.1 Å². The molecule has 0 saturated heterocycles. The Labute approximate surface area is 128 Å². The molecular formula is C15H16ClN3O2. The number of nitrogens with zero attached hydrogens (tertiary/aromatic N) is 3. The van der Waals surface area contributed by atoms with Crippen molar-refractivity contribution in [1.29, 1.82) is 0 Å². The van der Waals surface area contributed by atoms with Crippen molar-refractivity contribution in [2.75, 3.05) is 11.4 Å². The predicted octanol–water partition coefficient (Wildman–Crippen LogP) is 3.76. The zero-order valence-electron chi connectivity index (χ0n) is 11.7. The second-order valence-corrected chi connectivity index (χ2v) is 4.85. The van der Waals surface area contributed by atoms with Crippen LogP contribution in [0.5, 0.6) is 0 Å². The standard InChI is InChI=1S/C15H16ClN3O2/c1-2-18(11-12-5-7-17-8-6-12)14-4-3-13(10-16)9-15(14)19(20)21/h3-9H,2,10-11H2,1H3. The topological polar surface area (TPSA) is 59.3 Å². The number of halogens is 1. The Kier molecular flexibility index (Phi) is 5.11. The summed E-state index contributed by atoms with van der Waals surface area (Å²) in [6, 6.07) is 8.94. The van der Waals surface area contributed by atoms with E-state index in [-0.39, 0.29) is 16.5 Å². The molecule has 0 aliphatic carbocycles. The lowest BCUT2D eigenvalue weighted by Crippen LogP contribution is -2.23. The molecule has 0 saturated carbocycles. The van der Waals surface area contributed by atoms with Gasteiger partial charge in [-0.15, -0.1) is 11.6 Å². The van der Waals surface area contributed by atoms with E-state index >= 15 is 0 Å². The van der Waals surface area contributed by atoms with Crippen molar-refractivity contribution in [3.8, 4) is 0 Å². The largest absolute Gasteiger partial charge is 0.362 e. The number of hydrogen-bond donors (Lipinski definition) is 0. The first kappa shape index (κ1) is 15.3. The first-order valence-electron chi connectivity index (χ1n) is 6.62. The minimum Gasteiger partial charge on any atom is -0.362 e. The first-order valence-corrected chi connectivity index (χ1v) is 7.16. The van der Waals surface area contributed by atoms with Crippen LogP contribution in [0, 0.1) is 10.1 Å². The summed E-state index contributed by atoms with van der Waals surface area (Å²) in [5.74, 6) is 0.262.